The van der Waals surface area contributed by atoms with Crippen LogP contribution >= 0.6 is 0 Å². The molecule has 0 saturated heterocycles. The highest BCUT2D eigenvalue weighted by molar-refractivity contribution is 5.96. The number of rotatable bonds is 9. The van der Waals surface area contributed by atoms with Gasteiger partial charge in [0.05, 0.1) is 40.2 Å². The molecule has 0 amide bonds. The molecule has 188 valence electrons. The van der Waals surface area contributed by atoms with Crippen molar-refractivity contribution in [2.75, 3.05) is 34.5 Å². The summed E-state index contributed by atoms with van der Waals surface area (Å²) >= 11 is 0. The van der Waals surface area contributed by atoms with Gasteiger partial charge in [-0.25, -0.2) is 9.78 Å². The number of hydrogen-bond donors (Lipinski definition) is 1. The third-order valence-corrected chi connectivity index (χ3v) is 6.73. The van der Waals surface area contributed by atoms with Gasteiger partial charge >= 0.3 is 5.97 Å². The number of aliphatic hydroxyl groups is 1. The zero-order valence-corrected chi connectivity index (χ0v) is 20.9. The Kier molecular flexibility index (Phi) is 7.80. The number of hydrogen-bond acceptors (Lipinski definition) is 7. The highest BCUT2D eigenvalue weighted by Gasteiger charge is 2.30. The number of benzene rings is 1. The Morgan fingerprint density at radius 3 is 2.40 bits per heavy atom. The third-order valence-electron chi connectivity index (χ3n) is 6.73. The molecule has 4 rings (SSSR count). The average Bonchev–Trinajstić information content (AvgIpc) is 3.21. The molecule has 1 aliphatic rings. The number of pyridine rings is 1. The average molecular weight is 483 g/mol. The first kappa shape index (κ1) is 24.9. The van der Waals surface area contributed by atoms with Crippen molar-refractivity contribution < 1.29 is 28.8 Å². The first-order valence-corrected chi connectivity index (χ1v) is 12.2. The first-order chi connectivity index (χ1) is 17.1. The summed E-state index contributed by atoms with van der Waals surface area (Å²) in [6.07, 6.45) is 5.69. The van der Waals surface area contributed by atoms with E-state index in [9.17, 15) is 9.90 Å². The summed E-state index contributed by atoms with van der Waals surface area (Å²) in [6.45, 7) is 2.28. The number of aliphatic hydroxyl groups excluding tert-OH is 1. The van der Waals surface area contributed by atoms with Crippen molar-refractivity contribution in [3.63, 3.8) is 0 Å². The van der Waals surface area contributed by atoms with Crippen molar-refractivity contribution in [2.24, 2.45) is 0 Å². The first-order valence-electron chi connectivity index (χ1n) is 12.2. The summed E-state index contributed by atoms with van der Waals surface area (Å²) in [4.78, 5) is 17.2. The largest absolute Gasteiger partial charge is 0.493 e. The van der Waals surface area contributed by atoms with Crippen molar-refractivity contribution in [3.8, 4) is 28.5 Å². The minimum Gasteiger partial charge on any atom is -0.493 e. The molecule has 0 bridgehead atoms. The van der Waals surface area contributed by atoms with E-state index in [4.69, 9.17) is 23.9 Å². The lowest BCUT2D eigenvalue weighted by Crippen LogP contribution is -2.10. The molecule has 8 nitrogen and oxygen atoms in total. The predicted molar refractivity (Wildman–Crippen MR) is 134 cm³/mol. The molecule has 0 spiro atoms. The molecule has 35 heavy (non-hydrogen) atoms. The SMILES string of the molecule is CCOC(=O)c1ccc2c(C3CCCCC3)c(-c3ccc(OC)c(OC)c3OC)n(CCO)c2n1. The van der Waals surface area contributed by atoms with Crippen molar-refractivity contribution in [1.29, 1.82) is 0 Å². The van der Waals surface area contributed by atoms with Crippen LogP contribution < -0.4 is 14.2 Å². The number of nitrogens with zero attached hydrogens (tertiary/aromatic N) is 2. The number of esters is 1. The van der Waals surface area contributed by atoms with E-state index in [1.165, 1.54) is 12.0 Å². The van der Waals surface area contributed by atoms with Crippen LogP contribution in [0, 0.1) is 0 Å². The van der Waals surface area contributed by atoms with E-state index in [0.29, 0.717) is 35.4 Å². The van der Waals surface area contributed by atoms with Crippen LogP contribution in [0.15, 0.2) is 24.3 Å². The van der Waals surface area contributed by atoms with Crippen molar-refractivity contribution in [3.05, 3.63) is 35.5 Å². The summed E-state index contributed by atoms with van der Waals surface area (Å²) < 4.78 is 24.2. The Balaban J connectivity index is 2.06. The van der Waals surface area contributed by atoms with Crippen LogP contribution in [-0.2, 0) is 11.3 Å². The van der Waals surface area contributed by atoms with Crippen LogP contribution in [-0.4, -0.2) is 55.2 Å². The lowest BCUT2D eigenvalue weighted by Gasteiger charge is -2.24. The Morgan fingerprint density at radius 1 is 1.03 bits per heavy atom. The smallest absolute Gasteiger partial charge is 0.356 e. The van der Waals surface area contributed by atoms with Crippen LogP contribution in [0.3, 0.4) is 0 Å². The number of methoxy groups -OCH3 is 3. The van der Waals surface area contributed by atoms with Gasteiger partial charge in [-0.1, -0.05) is 19.3 Å². The molecule has 1 aromatic carbocycles. The highest BCUT2D eigenvalue weighted by atomic mass is 16.5. The van der Waals surface area contributed by atoms with Crippen LogP contribution in [0.1, 0.15) is 61.0 Å². The number of ether oxygens (including phenoxy) is 4. The Hall–Kier alpha value is -3.26. The van der Waals surface area contributed by atoms with Crippen LogP contribution in [0.4, 0.5) is 0 Å². The van der Waals surface area contributed by atoms with E-state index < -0.39 is 5.97 Å². The van der Waals surface area contributed by atoms with Crippen molar-refractivity contribution >= 4 is 17.0 Å². The summed E-state index contributed by atoms with van der Waals surface area (Å²) in [5.74, 6) is 1.49. The summed E-state index contributed by atoms with van der Waals surface area (Å²) in [5.41, 5.74) is 3.82. The second kappa shape index (κ2) is 11.0. The molecule has 3 aromatic rings. The minimum atomic E-state index is -0.462. The van der Waals surface area contributed by atoms with Gasteiger partial charge in [-0.15, -0.1) is 0 Å². The van der Waals surface area contributed by atoms with Crippen LogP contribution in [0.25, 0.3) is 22.3 Å². The minimum absolute atomic E-state index is 0.0815. The fraction of sp³-hybridized carbons (Fsp3) is 0.481. The van der Waals surface area contributed by atoms with Gasteiger partial charge in [-0.2, -0.15) is 0 Å². The standard InChI is InChI=1S/C27H34N2O6/c1-5-35-27(31)20-13-11-18-22(17-9-7-6-8-10-17)23(29(15-16-30)26(18)28-20)19-12-14-21(32-2)25(34-4)24(19)33-3/h11-14,17,30H,5-10,15-16H2,1-4H3. The second-order valence-corrected chi connectivity index (χ2v) is 8.64. The monoisotopic (exact) mass is 482 g/mol. The van der Waals surface area contributed by atoms with Gasteiger partial charge in [0.25, 0.3) is 0 Å². The molecule has 0 radical (unpaired) electrons. The van der Waals surface area contributed by atoms with Gasteiger partial charge in [-0.05, 0) is 55.5 Å². The van der Waals surface area contributed by atoms with E-state index in [0.717, 1.165) is 42.3 Å². The maximum absolute atomic E-state index is 12.5. The fourth-order valence-electron chi connectivity index (χ4n) is 5.26. The Bertz CT molecular complexity index is 1200. The highest BCUT2D eigenvalue weighted by Crippen LogP contribution is 2.50. The van der Waals surface area contributed by atoms with Gasteiger partial charge in [-0.3, -0.25) is 0 Å². The van der Waals surface area contributed by atoms with Gasteiger partial charge in [0.1, 0.15) is 5.65 Å². The van der Waals surface area contributed by atoms with Gasteiger partial charge in [0, 0.05) is 17.5 Å². The number of carbonyl (C=O) groups excluding carboxylic acids is 1. The van der Waals surface area contributed by atoms with E-state index >= 15 is 0 Å². The molecule has 1 fully saturated rings. The van der Waals surface area contributed by atoms with E-state index in [1.807, 2.05) is 22.8 Å². The Morgan fingerprint density at radius 2 is 1.77 bits per heavy atom. The summed E-state index contributed by atoms with van der Waals surface area (Å²) in [7, 11) is 4.79. The molecule has 8 heteroatoms. The topological polar surface area (TPSA) is 92.0 Å². The number of aromatic nitrogens is 2. The van der Waals surface area contributed by atoms with Crippen molar-refractivity contribution in [2.45, 2.75) is 51.5 Å². The molecule has 2 heterocycles. The van der Waals surface area contributed by atoms with Crippen LogP contribution in [0.5, 0.6) is 17.2 Å². The Labute approximate surface area is 205 Å². The number of fused-ring (bicyclic) bond motifs is 1. The van der Waals surface area contributed by atoms with E-state index in [2.05, 4.69) is 0 Å². The van der Waals surface area contributed by atoms with Gasteiger partial charge in [0.15, 0.2) is 17.2 Å². The van der Waals surface area contributed by atoms with E-state index in [-0.39, 0.29) is 18.9 Å². The van der Waals surface area contributed by atoms with Crippen LogP contribution in [0.2, 0.25) is 0 Å². The molecular formula is C27H34N2O6. The maximum atomic E-state index is 12.5. The second-order valence-electron chi connectivity index (χ2n) is 8.64. The fourth-order valence-corrected chi connectivity index (χ4v) is 5.26. The summed E-state index contributed by atoms with van der Waals surface area (Å²) in [5, 5.41) is 11.0. The molecule has 0 unspecified atom stereocenters. The molecule has 2 aromatic heterocycles. The quantitative estimate of drug-likeness (QED) is 0.432. The van der Waals surface area contributed by atoms with Gasteiger partial charge in [0.2, 0.25) is 5.75 Å². The molecule has 1 aliphatic carbocycles. The van der Waals surface area contributed by atoms with Gasteiger partial charge < -0.3 is 28.6 Å². The third kappa shape index (κ3) is 4.55. The summed E-state index contributed by atoms with van der Waals surface area (Å²) in [6, 6.07) is 7.51. The molecule has 1 saturated carbocycles. The molecule has 1 N–H and O–H groups in total. The molecule has 0 atom stereocenters. The zero-order valence-electron chi connectivity index (χ0n) is 20.9. The molecule has 0 aliphatic heterocycles. The number of carbonyl (C=O) groups is 1. The predicted octanol–water partition coefficient (Wildman–Crippen LogP) is 4.95. The lowest BCUT2D eigenvalue weighted by molar-refractivity contribution is 0.0520. The normalized spacial score (nSPS) is 14.2. The molecular weight excluding hydrogens is 448 g/mol. The lowest BCUT2D eigenvalue weighted by atomic mass is 9.82. The van der Waals surface area contributed by atoms with E-state index in [1.54, 1.807) is 34.3 Å². The maximum Gasteiger partial charge on any atom is 0.356 e. The van der Waals surface area contributed by atoms with Crippen molar-refractivity contribution in [1.82, 2.24) is 9.55 Å². The zero-order chi connectivity index (χ0) is 24.9.